The molecule has 2 heterocycles. The molecule has 30 heavy (non-hydrogen) atoms. The van der Waals surface area contributed by atoms with Crippen molar-refractivity contribution in [2.75, 3.05) is 19.6 Å². The van der Waals surface area contributed by atoms with Gasteiger partial charge in [-0.1, -0.05) is 42.8 Å². The van der Waals surface area contributed by atoms with Gasteiger partial charge < -0.3 is 15.1 Å². The average molecular weight is 426 g/mol. The number of fused-ring (bicyclic) bond motifs is 1. The number of piperazine rings is 2. The van der Waals surface area contributed by atoms with Gasteiger partial charge in [0.25, 0.3) is 5.91 Å². The number of carbonyl (C=O) groups is 3. The minimum absolute atomic E-state index is 0.103. The predicted molar refractivity (Wildman–Crippen MR) is 114 cm³/mol. The van der Waals surface area contributed by atoms with Crippen molar-refractivity contribution in [2.24, 2.45) is 0 Å². The topological polar surface area (TPSA) is 69.7 Å². The van der Waals surface area contributed by atoms with Crippen molar-refractivity contribution in [1.29, 1.82) is 0 Å². The van der Waals surface area contributed by atoms with E-state index in [2.05, 4.69) is 12.2 Å². The predicted octanol–water partition coefficient (Wildman–Crippen LogP) is 2.30. The van der Waals surface area contributed by atoms with Gasteiger partial charge in [0.2, 0.25) is 11.8 Å². The summed E-state index contributed by atoms with van der Waals surface area (Å²) in [6.07, 6.45) is 1.33. The van der Waals surface area contributed by atoms with Crippen LogP contribution in [0, 0.1) is 0 Å². The summed E-state index contributed by atoms with van der Waals surface area (Å²) in [7, 11) is 0. The molecule has 2 aliphatic rings. The molecule has 2 atom stereocenters. The molecule has 3 amide bonds. The number of amides is 3. The number of nitrogens with zero attached hydrogens (tertiary/aromatic N) is 2. The molecule has 2 aromatic carbocycles. The maximum absolute atomic E-state index is 13.0. The van der Waals surface area contributed by atoms with E-state index >= 15 is 0 Å². The Kier molecular flexibility index (Phi) is 5.77. The van der Waals surface area contributed by atoms with E-state index in [1.54, 1.807) is 21.9 Å². The van der Waals surface area contributed by atoms with Gasteiger partial charge in [0.1, 0.15) is 12.1 Å². The average Bonchev–Trinajstić information content (AvgIpc) is 2.78. The third-order valence-electron chi connectivity index (χ3n) is 5.83. The fourth-order valence-corrected chi connectivity index (χ4v) is 4.17. The van der Waals surface area contributed by atoms with Crippen LogP contribution in [0.4, 0.5) is 0 Å². The fraction of sp³-hybridized carbons (Fsp3) is 0.348. The highest BCUT2D eigenvalue weighted by Gasteiger charge is 2.44. The van der Waals surface area contributed by atoms with Crippen molar-refractivity contribution in [3.63, 3.8) is 0 Å². The Bertz CT molecular complexity index is 959. The summed E-state index contributed by atoms with van der Waals surface area (Å²) in [6.45, 7) is 3.04. The van der Waals surface area contributed by atoms with E-state index in [4.69, 9.17) is 11.6 Å². The second-order valence-electron chi connectivity index (χ2n) is 7.74. The lowest BCUT2D eigenvalue weighted by Crippen LogP contribution is -2.70. The number of benzene rings is 2. The van der Waals surface area contributed by atoms with Crippen LogP contribution in [0.3, 0.4) is 0 Å². The molecule has 156 valence electrons. The molecule has 6 nitrogen and oxygen atoms in total. The van der Waals surface area contributed by atoms with Gasteiger partial charge in [-0.05, 0) is 41.8 Å². The van der Waals surface area contributed by atoms with Crippen LogP contribution in [0.1, 0.15) is 28.4 Å². The summed E-state index contributed by atoms with van der Waals surface area (Å²) < 4.78 is 0. The minimum atomic E-state index is -0.647. The van der Waals surface area contributed by atoms with Gasteiger partial charge in [-0.15, -0.1) is 0 Å². The number of halogens is 1. The zero-order valence-corrected chi connectivity index (χ0v) is 17.6. The lowest BCUT2D eigenvalue weighted by atomic mass is 9.98. The van der Waals surface area contributed by atoms with Gasteiger partial charge in [-0.3, -0.25) is 14.4 Å². The second kappa shape index (κ2) is 8.48. The smallest absolute Gasteiger partial charge is 0.253 e. The minimum Gasteiger partial charge on any atom is -0.342 e. The summed E-state index contributed by atoms with van der Waals surface area (Å²) in [4.78, 5) is 41.9. The maximum atomic E-state index is 13.0. The van der Waals surface area contributed by atoms with Crippen LogP contribution >= 0.6 is 11.6 Å². The lowest BCUT2D eigenvalue weighted by molar-refractivity contribution is -0.152. The third kappa shape index (κ3) is 4.05. The summed E-state index contributed by atoms with van der Waals surface area (Å²) in [5.74, 6) is -0.429. The first-order chi connectivity index (χ1) is 14.5. The Morgan fingerprint density at radius 1 is 1.03 bits per heavy atom. The Hall–Kier alpha value is -2.86. The number of hydrogen-bond acceptors (Lipinski definition) is 3. The van der Waals surface area contributed by atoms with E-state index in [0.29, 0.717) is 30.1 Å². The van der Waals surface area contributed by atoms with E-state index in [1.807, 2.05) is 36.4 Å². The normalized spacial score (nSPS) is 21.3. The molecule has 0 radical (unpaired) electrons. The zero-order chi connectivity index (χ0) is 21.3. The van der Waals surface area contributed by atoms with E-state index in [0.717, 1.165) is 12.0 Å². The van der Waals surface area contributed by atoms with Gasteiger partial charge in [0.15, 0.2) is 0 Å². The van der Waals surface area contributed by atoms with Crippen molar-refractivity contribution < 1.29 is 14.4 Å². The molecule has 2 aliphatic heterocycles. The van der Waals surface area contributed by atoms with Crippen LogP contribution in [0.2, 0.25) is 5.02 Å². The molecule has 4 rings (SSSR count). The van der Waals surface area contributed by atoms with E-state index in [9.17, 15) is 14.4 Å². The van der Waals surface area contributed by atoms with Crippen LogP contribution in [0.15, 0.2) is 48.5 Å². The molecular formula is C23H24ClN3O3. The maximum Gasteiger partial charge on any atom is 0.253 e. The van der Waals surface area contributed by atoms with Gasteiger partial charge in [0.05, 0.1) is 6.54 Å². The quantitative estimate of drug-likeness (QED) is 0.817. The Morgan fingerprint density at radius 3 is 2.37 bits per heavy atom. The Labute approximate surface area is 180 Å². The summed E-state index contributed by atoms with van der Waals surface area (Å²) in [5, 5.41) is 3.47. The molecule has 7 heteroatoms. The third-order valence-corrected chi connectivity index (χ3v) is 6.08. The monoisotopic (exact) mass is 425 g/mol. The number of nitrogens with one attached hydrogen (secondary N) is 1. The first-order valence-electron chi connectivity index (χ1n) is 10.2. The molecule has 0 aromatic heterocycles. The van der Waals surface area contributed by atoms with Gasteiger partial charge in [-0.2, -0.15) is 0 Å². The number of aryl methyl sites for hydroxylation is 1. The summed E-state index contributed by atoms with van der Waals surface area (Å²) in [5.41, 5.74) is 2.70. The largest absolute Gasteiger partial charge is 0.342 e. The van der Waals surface area contributed by atoms with Crippen molar-refractivity contribution in [3.8, 4) is 0 Å². The molecule has 0 spiro atoms. The first-order valence-corrected chi connectivity index (χ1v) is 10.6. The van der Waals surface area contributed by atoms with Crippen molar-refractivity contribution in [1.82, 2.24) is 15.1 Å². The molecule has 2 aromatic rings. The molecule has 0 aliphatic carbocycles. The highest BCUT2D eigenvalue weighted by molar-refractivity contribution is 6.30. The van der Waals surface area contributed by atoms with Crippen molar-refractivity contribution >= 4 is 29.3 Å². The Morgan fingerprint density at radius 2 is 1.70 bits per heavy atom. The van der Waals surface area contributed by atoms with Gasteiger partial charge in [-0.25, -0.2) is 0 Å². The number of carbonyl (C=O) groups excluding carboxylic acids is 3. The molecule has 0 unspecified atom stereocenters. The van der Waals surface area contributed by atoms with Crippen molar-refractivity contribution in [3.05, 3.63) is 70.2 Å². The standard InChI is InChI=1S/C23H24ClN3O3/c1-2-15-3-7-17(8-4-15)22(29)26-11-12-27-20(14-26)21(28)25-19(23(27)30)13-16-5-9-18(24)10-6-16/h3-10,19-20H,2,11-14H2,1H3,(H,25,28)/t19-,20+/m0/s1. The van der Waals surface area contributed by atoms with Crippen LogP contribution in [0.25, 0.3) is 0 Å². The first kappa shape index (κ1) is 20.4. The van der Waals surface area contributed by atoms with Crippen LogP contribution in [-0.4, -0.2) is 59.2 Å². The van der Waals surface area contributed by atoms with E-state index < -0.39 is 12.1 Å². The van der Waals surface area contributed by atoms with Crippen LogP contribution in [-0.2, 0) is 22.4 Å². The lowest BCUT2D eigenvalue weighted by Gasteiger charge is -2.45. The highest BCUT2D eigenvalue weighted by Crippen LogP contribution is 2.21. The van der Waals surface area contributed by atoms with Crippen LogP contribution < -0.4 is 5.32 Å². The van der Waals surface area contributed by atoms with Gasteiger partial charge >= 0.3 is 0 Å². The molecule has 1 N–H and O–H groups in total. The molecule has 2 saturated heterocycles. The molecule has 0 saturated carbocycles. The molecule has 2 fully saturated rings. The highest BCUT2D eigenvalue weighted by atomic mass is 35.5. The number of rotatable bonds is 4. The number of hydrogen-bond donors (Lipinski definition) is 1. The molecular weight excluding hydrogens is 402 g/mol. The fourth-order valence-electron chi connectivity index (χ4n) is 4.05. The van der Waals surface area contributed by atoms with Gasteiger partial charge in [0, 0.05) is 30.1 Å². The van der Waals surface area contributed by atoms with E-state index in [-0.39, 0.29) is 24.3 Å². The molecule has 0 bridgehead atoms. The second-order valence-corrected chi connectivity index (χ2v) is 8.18. The Balaban J connectivity index is 1.43. The SMILES string of the molecule is CCc1ccc(C(=O)N2CCN3C(=O)[C@H](Cc4ccc(Cl)cc4)NC(=O)[C@H]3C2)cc1. The summed E-state index contributed by atoms with van der Waals surface area (Å²) >= 11 is 5.92. The summed E-state index contributed by atoms with van der Waals surface area (Å²) in [6, 6.07) is 13.5. The van der Waals surface area contributed by atoms with E-state index in [1.165, 1.54) is 5.56 Å². The zero-order valence-electron chi connectivity index (χ0n) is 16.8. The van der Waals surface area contributed by atoms with Crippen LogP contribution in [0.5, 0.6) is 0 Å². The van der Waals surface area contributed by atoms with Crippen molar-refractivity contribution in [2.45, 2.75) is 31.8 Å².